The van der Waals surface area contributed by atoms with E-state index in [0.717, 1.165) is 12.1 Å². The Morgan fingerprint density at radius 1 is 1.24 bits per heavy atom. The Labute approximate surface area is 121 Å². The topological polar surface area (TPSA) is 12.0 Å². The molecular formula is C12H14Cl3NS. The lowest BCUT2D eigenvalue weighted by atomic mass is 10.2. The molecule has 0 amide bonds. The molecule has 94 valence electrons. The van der Waals surface area contributed by atoms with Crippen LogP contribution in [0.4, 0.5) is 0 Å². The molecule has 0 aromatic heterocycles. The van der Waals surface area contributed by atoms with Crippen LogP contribution < -0.4 is 5.32 Å². The average Bonchev–Trinajstić information content (AvgIpc) is 3.09. The number of thioether (sulfide) groups is 1. The second-order valence-electron chi connectivity index (χ2n) is 4.31. The van der Waals surface area contributed by atoms with Crippen molar-refractivity contribution in [2.24, 2.45) is 0 Å². The van der Waals surface area contributed by atoms with Crippen molar-refractivity contribution in [3.8, 4) is 0 Å². The van der Waals surface area contributed by atoms with Crippen molar-refractivity contribution in [2.75, 3.05) is 12.8 Å². The van der Waals surface area contributed by atoms with Crippen LogP contribution in [0.15, 0.2) is 12.1 Å². The van der Waals surface area contributed by atoms with E-state index in [1.165, 1.54) is 12.8 Å². The van der Waals surface area contributed by atoms with Crippen molar-refractivity contribution in [1.29, 1.82) is 0 Å². The van der Waals surface area contributed by atoms with Gasteiger partial charge in [-0.25, -0.2) is 0 Å². The zero-order valence-corrected chi connectivity index (χ0v) is 12.6. The van der Waals surface area contributed by atoms with Gasteiger partial charge < -0.3 is 5.32 Å². The second kappa shape index (κ2) is 5.58. The van der Waals surface area contributed by atoms with Crippen LogP contribution in [0.25, 0.3) is 0 Å². The number of rotatable bonds is 5. The molecule has 0 heterocycles. The highest BCUT2D eigenvalue weighted by Gasteiger charge is 2.41. The van der Waals surface area contributed by atoms with Gasteiger partial charge in [0.15, 0.2) is 0 Å². The molecule has 0 bridgehead atoms. The Balaban J connectivity index is 1.97. The zero-order valence-electron chi connectivity index (χ0n) is 9.53. The van der Waals surface area contributed by atoms with E-state index in [0.29, 0.717) is 26.4 Å². The third-order valence-corrected chi connectivity index (χ3v) is 5.74. The molecule has 1 aliphatic rings. The van der Waals surface area contributed by atoms with Crippen molar-refractivity contribution < 1.29 is 0 Å². The van der Waals surface area contributed by atoms with Gasteiger partial charge in [0.1, 0.15) is 0 Å². The molecule has 1 nitrogen and oxygen atoms in total. The van der Waals surface area contributed by atoms with Crippen LogP contribution in [0, 0.1) is 0 Å². The highest BCUT2D eigenvalue weighted by molar-refractivity contribution is 8.00. The van der Waals surface area contributed by atoms with E-state index < -0.39 is 0 Å². The minimum Gasteiger partial charge on any atom is -0.311 e. The van der Waals surface area contributed by atoms with Crippen LogP contribution in [0.2, 0.25) is 15.1 Å². The lowest BCUT2D eigenvalue weighted by molar-refractivity contribution is 0.663. The summed E-state index contributed by atoms with van der Waals surface area (Å²) in [5.41, 5.74) is 0.887. The first kappa shape index (κ1) is 13.8. The standard InChI is InChI=1S/C12H14Cl3NS/c1-17-12(4-5-12)7-16-6-8-9(13)2-3-10(14)11(8)15/h2-3,16H,4-7H2,1H3. The molecular weight excluding hydrogens is 297 g/mol. The van der Waals surface area contributed by atoms with E-state index in [-0.39, 0.29) is 0 Å². The van der Waals surface area contributed by atoms with Gasteiger partial charge in [-0.15, -0.1) is 0 Å². The minimum atomic E-state index is 0.442. The smallest absolute Gasteiger partial charge is 0.0652 e. The van der Waals surface area contributed by atoms with Crippen LogP contribution in [0.5, 0.6) is 0 Å². The van der Waals surface area contributed by atoms with E-state index >= 15 is 0 Å². The average molecular weight is 311 g/mol. The van der Waals surface area contributed by atoms with Gasteiger partial charge in [-0.2, -0.15) is 11.8 Å². The number of hydrogen-bond acceptors (Lipinski definition) is 2. The third-order valence-electron chi connectivity index (χ3n) is 3.13. The highest BCUT2D eigenvalue weighted by Crippen LogP contribution is 2.46. The van der Waals surface area contributed by atoms with E-state index in [9.17, 15) is 0 Å². The Morgan fingerprint density at radius 3 is 2.47 bits per heavy atom. The summed E-state index contributed by atoms with van der Waals surface area (Å²) in [6.07, 6.45) is 4.74. The summed E-state index contributed by atoms with van der Waals surface area (Å²) in [5, 5.41) is 5.19. The summed E-state index contributed by atoms with van der Waals surface area (Å²) in [5.74, 6) is 0. The van der Waals surface area contributed by atoms with Crippen LogP contribution in [-0.2, 0) is 6.54 Å². The molecule has 2 rings (SSSR count). The van der Waals surface area contributed by atoms with E-state index in [2.05, 4.69) is 11.6 Å². The lowest BCUT2D eigenvalue weighted by Crippen LogP contribution is -2.25. The van der Waals surface area contributed by atoms with Gasteiger partial charge in [0, 0.05) is 28.4 Å². The normalized spacial score (nSPS) is 17.2. The summed E-state index contributed by atoms with van der Waals surface area (Å²) in [6, 6.07) is 3.51. The molecule has 17 heavy (non-hydrogen) atoms. The molecule has 0 radical (unpaired) electrons. The Hall–Kier alpha value is 0.400. The van der Waals surface area contributed by atoms with Crippen LogP contribution in [0.3, 0.4) is 0 Å². The SMILES string of the molecule is CSC1(CNCc2c(Cl)ccc(Cl)c2Cl)CC1. The fourth-order valence-corrected chi connectivity index (χ4v) is 3.18. The molecule has 0 aliphatic heterocycles. The van der Waals surface area contributed by atoms with Gasteiger partial charge in [-0.3, -0.25) is 0 Å². The predicted molar refractivity (Wildman–Crippen MR) is 78.7 cm³/mol. The predicted octanol–water partition coefficient (Wildman–Crippen LogP) is 4.63. The van der Waals surface area contributed by atoms with E-state index in [4.69, 9.17) is 34.8 Å². The summed E-state index contributed by atoms with van der Waals surface area (Å²) < 4.78 is 0.442. The maximum atomic E-state index is 6.14. The molecule has 5 heteroatoms. The first-order valence-electron chi connectivity index (χ1n) is 5.46. The maximum absolute atomic E-state index is 6.14. The molecule has 1 aliphatic carbocycles. The molecule has 0 spiro atoms. The van der Waals surface area contributed by atoms with Crippen molar-refractivity contribution >= 4 is 46.6 Å². The Bertz CT molecular complexity index is 418. The van der Waals surface area contributed by atoms with Crippen molar-refractivity contribution in [3.05, 3.63) is 32.8 Å². The van der Waals surface area contributed by atoms with Gasteiger partial charge >= 0.3 is 0 Å². The number of halogens is 3. The fraction of sp³-hybridized carbons (Fsp3) is 0.500. The Kier molecular flexibility index (Phi) is 4.54. The van der Waals surface area contributed by atoms with Gasteiger partial charge in [-0.1, -0.05) is 34.8 Å². The number of benzene rings is 1. The first-order chi connectivity index (χ1) is 8.08. The molecule has 1 aromatic rings. The molecule has 1 saturated carbocycles. The summed E-state index contributed by atoms with van der Waals surface area (Å²) in [4.78, 5) is 0. The summed E-state index contributed by atoms with van der Waals surface area (Å²) >= 11 is 20.2. The van der Waals surface area contributed by atoms with Gasteiger partial charge in [0.25, 0.3) is 0 Å². The summed E-state index contributed by atoms with van der Waals surface area (Å²) in [7, 11) is 0. The van der Waals surface area contributed by atoms with E-state index in [1.807, 2.05) is 11.8 Å². The maximum Gasteiger partial charge on any atom is 0.0652 e. The molecule has 1 fully saturated rings. The van der Waals surface area contributed by atoms with Crippen LogP contribution in [-0.4, -0.2) is 17.5 Å². The monoisotopic (exact) mass is 309 g/mol. The molecule has 1 N–H and O–H groups in total. The number of nitrogens with one attached hydrogen (secondary N) is 1. The van der Waals surface area contributed by atoms with Gasteiger partial charge in [0.05, 0.1) is 10.0 Å². The van der Waals surface area contributed by atoms with Crippen molar-refractivity contribution in [2.45, 2.75) is 24.1 Å². The largest absolute Gasteiger partial charge is 0.311 e. The third kappa shape index (κ3) is 3.24. The molecule has 0 saturated heterocycles. The second-order valence-corrected chi connectivity index (χ2v) is 6.78. The molecule has 1 aromatic carbocycles. The highest BCUT2D eigenvalue weighted by atomic mass is 35.5. The first-order valence-corrected chi connectivity index (χ1v) is 7.82. The van der Waals surface area contributed by atoms with Gasteiger partial charge in [0.2, 0.25) is 0 Å². The van der Waals surface area contributed by atoms with Crippen molar-refractivity contribution in [3.63, 3.8) is 0 Å². The fourth-order valence-electron chi connectivity index (χ4n) is 1.74. The minimum absolute atomic E-state index is 0.442. The molecule has 0 unspecified atom stereocenters. The lowest BCUT2D eigenvalue weighted by Gasteiger charge is -2.14. The zero-order chi connectivity index (χ0) is 12.5. The molecule has 0 atom stereocenters. The van der Waals surface area contributed by atoms with Crippen LogP contribution >= 0.6 is 46.6 Å². The van der Waals surface area contributed by atoms with Crippen molar-refractivity contribution in [1.82, 2.24) is 5.32 Å². The van der Waals surface area contributed by atoms with Crippen LogP contribution in [0.1, 0.15) is 18.4 Å². The number of hydrogen-bond donors (Lipinski definition) is 1. The summed E-state index contributed by atoms with van der Waals surface area (Å²) in [6.45, 7) is 1.66. The van der Waals surface area contributed by atoms with E-state index in [1.54, 1.807) is 12.1 Å². The quantitative estimate of drug-likeness (QED) is 0.796. The Morgan fingerprint density at radius 2 is 1.88 bits per heavy atom. The van der Waals surface area contributed by atoms with Gasteiger partial charge in [-0.05, 0) is 31.2 Å².